The summed E-state index contributed by atoms with van der Waals surface area (Å²) in [5.74, 6) is 0. The minimum atomic E-state index is 0.260. The summed E-state index contributed by atoms with van der Waals surface area (Å²) in [5, 5.41) is 7.00. The number of benzene rings is 1. The zero-order chi connectivity index (χ0) is 10.1. The van der Waals surface area contributed by atoms with Gasteiger partial charge in [0.1, 0.15) is 0 Å². The molecule has 0 aliphatic heterocycles. The first-order valence-electron chi connectivity index (χ1n) is 4.41. The number of aliphatic hydroxyl groups excluding tert-OH is 1. The fraction of sp³-hybridized carbons (Fsp3) is 0.455. The first-order valence-corrected chi connectivity index (χ1v) is 4.41. The monoisotopic (exact) mass is 182 g/mol. The molecule has 0 amide bonds. The van der Waals surface area contributed by atoms with E-state index in [9.17, 15) is 0 Å². The van der Waals surface area contributed by atoms with Crippen molar-refractivity contribution in [2.24, 2.45) is 0 Å². The highest BCUT2D eigenvalue weighted by Crippen LogP contribution is 2.18. The molecule has 1 aromatic rings. The lowest BCUT2D eigenvalue weighted by molar-refractivity contribution is 0.100. The second-order valence-corrected chi connectivity index (χ2v) is 2.54. The predicted molar refractivity (Wildman–Crippen MR) is 54.6 cm³/mol. The van der Waals surface area contributed by atoms with Crippen molar-refractivity contribution in [1.29, 1.82) is 0 Å². The molecule has 0 aliphatic rings. The molecule has 0 radical (unpaired) electrons. The summed E-state index contributed by atoms with van der Waals surface area (Å²) in [6, 6.07) is 10.3. The largest absolute Gasteiger partial charge is 0.400 e. The van der Waals surface area contributed by atoms with E-state index in [-0.39, 0.29) is 6.10 Å². The first kappa shape index (κ1) is 12.1. The van der Waals surface area contributed by atoms with Gasteiger partial charge in [0.2, 0.25) is 0 Å². The molecular formula is C11H18O2. The highest BCUT2D eigenvalue weighted by Gasteiger charge is 2.04. The maximum atomic E-state index is 7.00. The number of rotatable bonds is 3. The van der Waals surface area contributed by atoms with Gasteiger partial charge in [-0.15, -0.1) is 0 Å². The molecule has 0 fully saturated rings. The van der Waals surface area contributed by atoms with E-state index in [2.05, 4.69) is 19.1 Å². The Bertz CT molecular complexity index is 193. The second-order valence-electron chi connectivity index (χ2n) is 2.54. The fourth-order valence-electron chi connectivity index (χ4n) is 1.21. The van der Waals surface area contributed by atoms with Crippen molar-refractivity contribution in [1.82, 2.24) is 0 Å². The number of hydrogen-bond acceptors (Lipinski definition) is 2. The zero-order valence-electron chi connectivity index (χ0n) is 8.53. The molecule has 0 saturated heterocycles. The Morgan fingerprint density at radius 3 is 2.15 bits per heavy atom. The van der Waals surface area contributed by atoms with Crippen LogP contribution < -0.4 is 0 Å². The van der Waals surface area contributed by atoms with E-state index >= 15 is 0 Å². The van der Waals surface area contributed by atoms with Crippen molar-refractivity contribution in [3.05, 3.63) is 35.9 Å². The minimum absolute atomic E-state index is 0.260. The fourth-order valence-corrected chi connectivity index (χ4v) is 1.21. The van der Waals surface area contributed by atoms with Crippen LogP contribution in [-0.2, 0) is 4.74 Å². The molecule has 0 saturated carbocycles. The lowest BCUT2D eigenvalue weighted by atomic mass is 10.1. The highest BCUT2D eigenvalue weighted by atomic mass is 16.5. The van der Waals surface area contributed by atoms with Crippen molar-refractivity contribution in [3.63, 3.8) is 0 Å². The number of ether oxygens (including phenoxy) is 1. The highest BCUT2D eigenvalue weighted by molar-refractivity contribution is 5.17. The Labute approximate surface area is 80.2 Å². The Balaban J connectivity index is 0.000000671. The van der Waals surface area contributed by atoms with Gasteiger partial charge in [0.25, 0.3) is 0 Å². The maximum Gasteiger partial charge on any atom is 0.0818 e. The lowest BCUT2D eigenvalue weighted by Crippen LogP contribution is -1.98. The average molecular weight is 182 g/mol. The SMILES string of the molecule is CC[C@@H](OC)c1ccccc1.CO. The lowest BCUT2D eigenvalue weighted by Gasteiger charge is -2.12. The summed E-state index contributed by atoms with van der Waals surface area (Å²) in [6.07, 6.45) is 1.29. The van der Waals surface area contributed by atoms with Gasteiger partial charge < -0.3 is 9.84 Å². The van der Waals surface area contributed by atoms with E-state index < -0.39 is 0 Å². The number of hydrogen-bond donors (Lipinski definition) is 1. The smallest absolute Gasteiger partial charge is 0.0818 e. The van der Waals surface area contributed by atoms with E-state index in [0.717, 1.165) is 13.5 Å². The summed E-state index contributed by atoms with van der Waals surface area (Å²) in [6.45, 7) is 2.13. The molecule has 0 aliphatic carbocycles. The third-order valence-electron chi connectivity index (χ3n) is 1.83. The molecule has 1 rings (SSSR count). The molecular weight excluding hydrogens is 164 g/mol. The quantitative estimate of drug-likeness (QED) is 0.777. The summed E-state index contributed by atoms with van der Waals surface area (Å²) in [5.41, 5.74) is 1.26. The first-order chi connectivity index (χ1) is 6.38. The Morgan fingerprint density at radius 2 is 1.77 bits per heavy atom. The molecule has 13 heavy (non-hydrogen) atoms. The van der Waals surface area contributed by atoms with Gasteiger partial charge in [0.15, 0.2) is 0 Å². The van der Waals surface area contributed by atoms with Crippen molar-refractivity contribution in [2.75, 3.05) is 14.2 Å². The topological polar surface area (TPSA) is 29.5 Å². The van der Waals surface area contributed by atoms with Crippen molar-refractivity contribution < 1.29 is 9.84 Å². The molecule has 1 aromatic carbocycles. The van der Waals surface area contributed by atoms with Crippen LogP contribution in [0.3, 0.4) is 0 Å². The number of methoxy groups -OCH3 is 1. The minimum Gasteiger partial charge on any atom is -0.400 e. The van der Waals surface area contributed by atoms with Crippen LogP contribution in [0.2, 0.25) is 0 Å². The molecule has 0 heterocycles. The summed E-state index contributed by atoms with van der Waals surface area (Å²) < 4.78 is 5.29. The van der Waals surface area contributed by atoms with Crippen LogP contribution in [0.25, 0.3) is 0 Å². The van der Waals surface area contributed by atoms with Gasteiger partial charge >= 0.3 is 0 Å². The van der Waals surface area contributed by atoms with Crippen molar-refractivity contribution in [2.45, 2.75) is 19.4 Å². The van der Waals surface area contributed by atoms with Gasteiger partial charge in [-0.1, -0.05) is 37.3 Å². The molecule has 0 unspecified atom stereocenters. The second kappa shape index (κ2) is 7.77. The zero-order valence-corrected chi connectivity index (χ0v) is 8.53. The number of aliphatic hydroxyl groups is 1. The molecule has 0 spiro atoms. The Hall–Kier alpha value is -0.860. The molecule has 1 N–H and O–H groups in total. The van der Waals surface area contributed by atoms with Crippen molar-refractivity contribution in [3.8, 4) is 0 Å². The third kappa shape index (κ3) is 4.06. The average Bonchev–Trinajstić information content (AvgIpc) is 2.24. The third-order valence-corrected chi connectivity index (χ3v) is 1.83. The van der Waals surface area contributed by atoms with E-state index in [1.807, 2.05) is 18.2 Å². The van der Waals surface area contributed by atoms with Gasteiger partial charge in [0, 0.05) is 14.2 Å². The van der Waals surface area contributed by atoms with Crippen molar-refractivity contribution >= 4 is 0 Å². The van der Waals surface area contributed by atoms with E-state index in [1.54, 1.807) is 7.11 Å². The van der Waals surface area contributed by atoms with Crippen LogP contribution in [0.15, 0.2) is 30.3 Å². The van der Waals surface area contributed by atoms with Crippen LogP contribution in [-0.4, -0.2) is 19.3 Å². The van der Waals surface area contributed by atoms with Crippen LogP contribution in [0.5, 0.6) is 0 Å². The van der Waals surface area contributed by atoms with E-state index in [4.69, 9.17) is 9.84 Å². The van der Waals surface area contributed by atoms with Crippen LogP contribution in [0.4, 0.5) is 0 Å². The molecule has 0 bridgehead atoms. The Kier molecular flexibility index (Phi) is 7.26. The molecule has 74 valence electrons. The van der Waals surface area contributed by atoms with Crippen LogP contribution in [0, 0.1) is 0 Å². The predicted octanol–water partition coefficient (Wildman–Crippen LogP) is 2.39. The van der Waals surface area contributed by atoms with Crippen LogP contribution >= 0.6 is 0 Å². The standard InChI is InChI=1S/C10H14O.CH4O/c1-3-10(11-2)9-7-5-4-6-8-9;1-2/h4-8,10H,3H2,1-2H3;2H,1H3/t10-;/m1./s1. The molecule has 2 heteroatoms. The van der Waals surface area contributed by atoms with Gasteiger partial charge in [-0.3, -0.25) is 0 Å². The van der Waals surface area contributed by atoms with Crippen LogP contribution in [0.1, 0.15) is 25.0 Å². The van der Waals surface area contributed by atoms with Gasteiger partial charge in [0.05, 0.1) is 6.10 Å². The molecule has 2 nitrogen and oxygen atoms in total. The molecule has 1 atom stereocenters. The summed E-state index contributed by atoms with van der Waals surface area (Å²) >= 11 is 0. The van der Waals surface area contributed by atoms with E-state index in [0.29, 0.717) is 0 Å². The van der Waals surface area contributed by atoms with Gasteiger partial charge in [-0.25, -0.2) is 0 Å². The van der Waals surface area contributed by atoms with Gasteiger partial charge in [-0.2, -0.15) is 0 Å². The normalized spacial score (nSPS) is 11.4. The van der Waals surface area contributed by atoms with E-state index in [1.165, 1.54) is 5.56 Å². The summed E-state index contributed by atoms with van der Waals surface area (Å²) in [4.78, 5) is 0. The summed E-state index contributed by atoms with van der Waals surface area (Å²) in [7, 11) is 2.75. The molecule has 0 aromatic heterocycles. The maximum absolute atomic E-state index is 7.00. The Morgan fingerprint density at radius 1 is 1.23 bits per heavy atom. The van der Waals surface area contributed by atoms with Gasteiger partial charge in [-0.05, 0) is 12.0 Å².